The topological polar surface area (TPSA) is 130 Å². The Morgan fingerprint density at radius 2 is 0.684 bits per heavy atom. The summed E-state index contributed by atoms with van der Waals surface area (Å²) in [6.07, 6.45) is 1.80. The maximum absolute atomic E-state index is 6.68. The van der Waals surface area contributed by atoms with Crippen molar-refractivity contribution in [2.45, 2.75) is 43.9 Å². The summed E-state index contributed by atoms with van der Waals surface area (Å²) < 4.78 is 24.0. The predicted octanol–water partition coefficient (Wildman–Crippen LogP) is 33.0. The number of furan rings is 3. The van der Waals surface area contributed by atoms with Crippen LogP contribution in [0.4, 0.5) is 0 Å². The van der Waals surface area contributed by atoms with Crippen molar-refractivity contribution in [2.75, 3.05) is 0 Å². The SMILES string of the molecule is CC1(C)c2ccc3oc4ccccc4c3c2-c2cccc(-c3ccc(-c4nc(-c5ccccc5)c5sc6ccccc6c5n4)cc3)c21.CC1(C)c2ccc3oc4ccccc4c3c2-c2cccc(-c3nc(-c4ccccc4)nc4c3sc3ccccc34)c21.c1ccc(-c2nc(-c3ccc4c(c3)oc3cc5c(cc34)C3(c4ccccc4-c4ccccc43)c3ccccc3-5)nc3ccccc23)nc1. The van der Waals surface area contributed by atoms with Gasteiger partial charge in [-0.1, -0.05) is 337 Å². The lowest BCUT2D eigenvalue weighted by atomic mass is 9.70. The number of nitrogens with zero attached hydrogens (tertiary/aromatic N) is 7. The van der Waals surface area contributed by atoms with Crippen molar-refractivity contribution in [3.05, 3.63) is 439 Å². The van der Waals surface area contributed by atoms with Crippen LogP contribution in [0.15, 0.2) is 408 Å². The molecule has 0 fully saturated rings. The van der Waals surface area contributed by atoms with E-state index in [1.165, 1.54) is 142 Å². The van der Waals surface area contributed by atoms with Crippen molar-refractivity contribution in [2.24, 2.45) is 0 Å². The maximum Gasteiger partial charge on any atom is 0.160 e. The van der Waals surface area contributed by atoms with Gasteiger partial charge >= 0.3 is 0 Å². The third-order valence-electron chi connectivity index (χ3n) is 28.9. The molecule has 4 aliphatic carbocycles. The normalized spacial score (nSPS) is 13.6. The second kappa shape index (κ2) is 29.6. The van der Waals surface area contributed by atoms with Gasteiger partial charge in [0, 0.05) is 103 Å². The molecule has 0 aliphatic heterocycles. The predicted molar refractivity (Wildman–Crippen MR) is 558 cm³/mol. The van der Waals surface area contributed by atoms with Crippen LogP contribution in [-0.4, -0.2) is 34.9 Å². The number of benzene rings is 17. The lowest BCUT2D eigenvalue weighted by Crippen LogP contribution is -2.25. The number of fused-ring (bicyclic) bond motifs is 34. The van der Waals surface area contributed by atoms with Crippen LogP contribution < -0.4 is 0 Å². The van der Waals surface area contributed by atoms with E-state index in [0.29, 0.717) is 5.82 Å². The summed E-state index contributed by atoms with van der Waals surface area (Å²) in [6, 6.07) is 137. The van der Waals surface area contributed by atoms with Gasteiger partial charge in [0.2, 0.25) is 0 Å². The molecule has 0 unspecified atom stereocenters. The summed E-state index contributed by atoms with van der Waals surface area (Å²) in [5, 5.41) is 10.2. The molecule has 0 bridgehead atoms. The first kappa shape index (κ1) is 77.9. The second-order valence-electron chi connectivity index (χ2n) is 37.0. The van der Waals surface area contributed by atoms with Crippen molar-refractivity contribution in [3.8, 4) is 124 Å². The van der Waals surface area contributed by atoms with Gasteiger partial charge in [0.25, 0.3) is 0 Å². The van der Waals surface area contributed by atoms with E-state index >= 15 is 0 Å². The molecule has 0 saturated carbocycles. The molecular formula is C124H77N7O3S2. The first-order valence-corrected chi connectivity index (χ1v) is 47.8. The van der Waals surface area contributed by atoms with E-state index in [9.17, 15) is 0 Å². The summed E-state index contributed by atoms with van der Waals surface area (Å²) in [5.41, 5.74) is 39.6. The molecule has 1 spiro atoms. The Kier molecular flexibility index (Phi) is 17.0. The molecular weight excluding hydrogens is 1700 g/mol. The van der Waals surface area contributed by atoms with E-state index in [4.69, 9.17) is 43.2 Å². The van der Waals surface area contributed by atoms with Crippen molar-refractivity contribution < 1.29 is 13.3 Å². The maximum atomic E-state index is 6.68. The van der Waals surface area contributed by atoms with Crippen LogP contribution in [0.2, 0.25) is 0 Å². The van der Waals surface area contributed by atoms with Gasteiger partial charge in [0.15, 0.2) is 17.5 Å². The first-order valence-electron chi connectivity index (χ1n) is 46.2. The van der Waals surface area contributed by atoms with Crippen LogP contribution in [-0.2, 0) is 16.2 Å². The Hall–Kier alpha value is -16.8. The number of pyridine rings is 1. The van der Waals surface area contributed by atoms with Crippen molar-refractivity contribution in [3.63, 3.8) is 0 Å². The van der Waals surface area contributed by atoms with Crippen LogP contribution in [0.1, 0.15) is 72.2 Å². The smallest absolute Gasteiger partial charge is 0.160 e. The molecule has 10 nitrogen and oxygen atoms in total. The number of thiophene rings is 2. The number of hydrogen-bond donors (Lipinski definition) is 0. The summed E-state index contributed by atoms with van der Waals surface area (Å²) in [7, 11) is 0. The average Bonchev–Trinajstić information content (AvgIpc) is 1.50. The fourth-order valence-corrected chi connectivity index (χ4v) is 25.3. The second-order valence-corrected chi connectivity index (χ2v) is 39.1. The van der Waals surface area contributed by atoms with Gasteiger partial charge in [-0.15, -0.1) is 22.7 Å². The minimum Gasteiger partial charge on any atom is -0.456 e. The standard InChI is InChI=1S/C44H25N3O.C43H28N2OS.C37H24N2OS/c1-5-15-34-27(11-1)28-12-2-6-16-35(28)44(34)36-17-7-3-13-29(36)32-25-41-33(24-37(32)44)30-21-20-26(23-40(30)48-41)43-46-38-18-8-4-14-31(38)42(47-43)39-19-9-10-22-45-39;1-43(2)32-23-24-34-37(29-13-6-8-17-33(29)46-34)36(32)31-16-10-15-28(38(31)43)25-19-21-27(22-20-25)42-44-39(26-11-4-3-5-12-26)41-40(45-42)30-14-7-9-18-35(30)47-41;1-37(2)26-19-20-28-31(22-13-6-8-17-27(22)40-28)30(26)24-15-10-16-25(32(24)37)34-35-33(23-14-7-9-18-29(23)41-35)38-36(39-34)21-11-4-3-5-12-21/h1-25H;3-24H,1-2H3;3-20H,1-2H3. The quantitative estimate of drug-likeness (QED) is 0.152. The van der Waals surface area contributed by atoms with Gasteiger partial charge < -0.3 is 13.3 Å². The largest absolute Gasteiger partial charge is 0.456 e. The summed E-state index contributed by atoms with van der Waals surface area (Å²) in [5.74, 6) is 2.14. The van der Waals surface area contributed by atoms with Crippen molar-refractivity contribution in [1.29, 1.82) is 0 Å². The van der Waals surface area contributed by atoms with Gasteiger partial charge in [-0.25, -0.2) is 29.9 Å². The van der Waals surface area contributed by atoms with E-state index in [2.05, 4.69) is 360 Å². The molecule has 26 aromatic rings. The highest BCUT2D eigenvalue weighted by Gasteiger charge is 2.52. The molecule has 0 radical (unpaired) electrons. The van der Waals surface area contributed by atoms with Crippen LogP contribution in [0.25, 0.3) is 241 Å². The Bertz CT molecular complexity index is 9530. The minimum absolute atomic E-state index is 0.175. The number of hydrogen-bond acceptors (Lipinski definition) is 12. The summed E-state index contributed by atoms with van der Waals surface area (Å²) in [4.78, 5) is 35.5. The zero-order valence-corrected chi connectivity index (χ0v) is 75.8. The molecule has 0 atom stereocenters. The molecule has 12 heteroatoms. The molecule has 4 aliphatic rings. The fraction of sp³-hybridized carbons (Fsp3) is 0.0565. The monoisotopic (exact) mass is 1780 g/mol. The molecule has 17 aromatic carbocycles. The summed E-state index contributed by atoms with van der Waals surface area (Å²) >= 11 is 3.55. The zero-order valence-electron chi connectivity index (χ0n) is 74.2. The van der Waals surface area contributed by atoms with Crippen LogP contribution >= 0.6 is 22.7 Å². The third-order valence-corrected chi connectivity index (χ3v) is 31.3. The highest BCUT2D eigenvalue weighted by Crippen LogP contribution is 2.65. The number of para-hydroxylation sites is 3. The highest BCUT2D eigenvalue weighted by atomic mass is 32.1. The minimum atomic E-state index is -0.391. The Labute approximate surface area is 788 Å². The lowest BCUT2D eigenvalue weighted by molar-refractivity contribution is 0.657. The molecule has 638 valence electrons. The van der Waals surface area contributed by atoms with E-state index in [-0.39, 0.29) is 10.8 Å². The Balaban J connectivity index is 0.000000101. The van der Waals surface area contributed by atoms with Crippen molar-refractivity contribution >= 4 is 140 Å². The molecule has 0 N–H and O–H groups in total. The van der Waals surface area contributed by atoms with Gasteiger partial charge in [-0.05, 0) is 179 Å². The summed E-state index contributed by atoms with van der Waals surface area (Å²) in [6.45, 7) is 9.39. The number of aromatic nitrogens is 7. The van der Waals surface area contributed by atoms with Gasteiger partial charge in [0.1, 0.15) is 39.2 Å². The molecule has 0 amide bonds. The van der Waals surface area contributed by atoms with Crippen molar-refractivity contribution in [1.82, 2.24) is 34.9 Å². The van der Waals surface area contributed by atoms with E-state index in [1.54, 1.807) is 28.9 Å². The van der Waals surface area contributed by atoms with E-state index in [1.807, 2.05) is 60.7 Å². The van der Waals surface area contributed by atoms with Crippen LogP contribution in [0.5, 0.6) is 0 Å². The molecule has 0 saturated heterocycles. The average molecular weight is 1780 g/mol. The fourth-order valence-electron chi connectivity index (χ4n) is 23.0. The Morgan fingerprint density at radius 3 is 1.29 bits per heavy atom. The molecule has 30 rings (SSSR count). The van der Waals surface area contributed by atoms with Gasteiger partial charge in [0.05, 0.1) is 48.4 Å². The number of rotatable bonds is 7. The zero-order chi connectivity index (χ0) is 90.0. The third kappa shape index (κ3) is 11.4. The lowest BCUT2D eigenvalue weighted by Gasteiger charge is -2.30. The first-order chi connectivity index (χ1) is 66.9. The molecule has 9 heterocycles. The van der Waals surface area contributed by atoms with E-state index < -0.39 is 5.41 Å². The van der Waals surface area contributed by atoms with E-state index in [0.717, 1.165) is 138 Å². The Morgan fingerprint density at radius 1 is 0.243 bits per heavy atom. The van der Waals surface area contributed by atoms with Crippen LogP contribution in [0, 0.1) is 0 Å². The highest BCUT2D eigenvalue weighted by molar-refractivity contribution is 7.26. The van der Waals surface area contributed by atoms with Gasteiger partial charge in [-0.3, -0.25) is 4.98 Å². The molecule has 9 aromatic heterocycles. The molecule has 136 heavy (non-hydrogen) atoms. The van der Waals surface area contributed by atoms with Crippen LogP contribution in [0.3, 0.4) is 0 Å². The van der Waals surface area contributed by atoms with Gasteiger partial charge in [-0.2, -0.15) is 0 Å².